The Balaban J connectivity index is 2.62. The lowest BCUT2D eigenvalue weighted by Crippen LogP contribution is -2.37. The Morgan fingerprint density at radius 1 is 1.31 bits per heavy atom. The molecule has 1 unspecified atom stereocenters. The predicted molar refractivity (Wildman–Crippen MR) is 55.4 cm³/mol. The Hall–Kier alpha value is -1.76. The Kier molecular flexibility index (Phi) is 4.12. The van der Waals surface area contributed by atoms with Crippen molar-refractivity contribution < 1.29 is 18.2 Å². The number of carbonyl (C=O) groups is 2. The molecular weight excluding hydrogens is 235 g/mol. The summed E-state index contributed by atoms with van der Waals surface area (Å²) in [4.78, 5) is 21.6. The molecule has 1 aromatic carbocycles. The maximum Gasteiger partial charge on any atom is 0.318 e. The zero-order chi connectivity index (χ0) is 12.1. The first-order valence-corrected chi connectivity index (χ1v) is 5.54. The molecule has 1 atom stereocenters. The van der Waals surface area contributed by atoms with Crippen LogP contribution in [-0.4, -0.2) is 21.9 Å². The summed E-state index contributed by atoms with van der Waals surface area (Å²) in [6.07, 6.45) is 0. The average molecular weight is 244 g/mol. The van der Waals surface area contributed by atoms with Gasteiger partial charge in [-0.05, 0) is 24.3 Å². The highest BCUT2D eigenvalue weighted by atomic mass is 32.2. The molecule has 3 amide bonds. The normalized spacial score (nSPS) is 11.8. The van der Waals surface area contributed by atoms with Crippen LogP contribution in [0.25, 0.3) is 0 Å². The van der Waals surface area contributed by atoms with E-state index >= 15 is 0 Å². The minimum atomic E-state index is -1.62. The monoisotopic (exact) mass is 244 g/mol. The number of nitrogens with one attached hydrogen (secondary N) is 1. The molecule has 0 aliphatic carbocycles. The molecule has 0 aliphatic heterocycles. The van der Waals surface area contributed by atoms with Crippen LogP contribution < -0.4 is 11.1 Å². The van der Waals surface area contributed by atoms with E-state index < -0.39 is 34.3 Å². The smallest absolute Gasteiger partial charge is 0.318 e. The zero-order valence-corrected chi connectivity index (χ0v) is 8.92. The van der Waals surface area contributed by atoms with Crippen molar-refractivity contribution in [1.29, 1.82) is 0 Å². The lowest BCUT2D eigenvalue weighted by atomic mass is 10.4. The lowest BCUT2D eigenvalue weighted by Gasteiger charge is -2.01. The van der Waals surface area contributed by atoms with Gasteiger partial charge in [0.2, 0.25) is 5.91 Å². The molecule has 0 radical (unpaired) electrons. The number of halogens is 1. The summed E-state index contributed by atoms with van der Waals surface area (Å²) in [5, 5.41) is 1.79. The number of primary amides is 1. The lowest BCUT2D eigenvalue weighted by molar-refractivity contribution is -0.117. The fourth-order valence-corrected chi connectivity index (χ4v) is 1.88. The molecule has 0 heterocycles. The van der Waals surface area contributed by atoms with E-state index in [0.717, 1.165) is 12.1 Å². The van der Waals surface area contributed by atoms with Crippen molar-refractivity contribution in [3.8, 4) is 0 Å². The second-order valence-electron chi connectivity index (χ2n) is 2.86. The molecule has 0 saturated heterocycles. The van der Waals surface area contributed by atoms with Crippen LogP contribution in [0.2, 0.25) is 0 Å². The van der Waals surface area contributed by atoms with Gasteiger partial charge in [0.15, 0.2) is 0 Å². The van der Waals surface area contributed by atoms with E-state index in [1.165, 1.54) is 12.1 Å². The van der Waals surface area contributed by atoms with E-state index in [2.05, 4.69) is 0 Å². The minimum absolute atomic E-state index is 0.307. The molecule has 16 heavy (non-hydrogen) atoms. The third-order valence-electron chi connectivity index (χ3n) is 1.60. The summed E-state index contributed by atoms with van der Waals surface area (Å²) in [7, 11) is -1.62. The van der Waals surface area contributed by atoms with Gasteiger partial charge >= 0.3 is 6.03 Å². The number of carbonyl (C=O) groups excluding carboxylic acids is 2. The molecule has 0 bridgehead atoms. The Morgan fingerprint density at radius 3 is 2.38 bits per heavy atom. The summed E-state index contributed by atoms with van der Waals surface area (Å²) in [6.45, 7) is 0. The van der Waals surface area contributed by atoms with Crippen LogP contribution in [0.4, 0.5) is 9.18 Å². The summed E-state index contributed by atoms with van der Waals surface area (Å²) in [5.41, 5.74) is 4.71. The van der Waals surface area contributed by atoms with E-state index in [1.54, 1.807) is 5.32 Å². The third-order valence-corrected chi connectivity index (χ3v) is 2.92. The molecule has 3 N–H and O–H groups in total. The maximum atomic E-state index is 12.5. The topological polar surface area (TPSA) is 89.3 Å². The van der Waals surface area contributed by atoms with Gasteiger partial charge in [0.25, 0.3) is 0 Å². The summed E-state index contributed by atoms with van der Waals surface area (Å²) >= 11 is 0. The van der Waals surface area contributed by atoms with Crippen LogP contribution in [0, 0.1) is 5.82 Å². The average Bonchev–Trinajstić information content (AvgIpc) is 2.16. The standard InChI is InChI=1S/C9H9FN2O3S/c10-6-1-3-7(4-2-6)16(15)5-8(13)12-9(11)14/h1-4H,5H2,(H3,11,12,13,14). The van der Waals surface area contributed by atoms with Gasteiger partial charge in [0.05, 0.1) is 10.8 Å². The highest BCUT2D eigenvalue weighted by Crippen LogP contribution is 2.07. The predicted octanol–water partition coefficient (Wildman–Crippen LogP) is 0.128. The van der Waals surface area contributed by atoms with Gasteiger partial charge in [-0.2, -0.15) is 0 Å². The van der Waals surface area contributed by atoms with Crippen LogP contribution in [0.5, 0.6) is 0 Å². The number of amides is 3. The molecule has 0 saturated carbocycles. The van der Waals surface area contributed by atoms with Gasteiger partial charge in [-0.15, -0.1) is 0 Å². The number of nitrogens with two attached hydrogens (primary N) is 1. The van der Waals surface area contributed by atoms with E-state index in [4.69, 9.17) is 5.73 Å². The quantitative estimate of drug-likeness (QED) is 0.791. The molecule has 1 aromatic rings. The number of hydrogen-bond acceptors (Lipinski definition) is 3. The zero-order valence-electron chi connectivity index (χ0n) is 8.10. The van der Waals surface area contributed by atoms with Gasteiger partial charge in [-0.25, -0.2) is 9.18 Å². The molecule has 0 aliphatic rings. The third kappa shape index (κ3) is 3.77. The maximum absolute atomic E-state index is 12.5. The Morgan fingerprint density at radius 2 is 1.88 bits per heavy atom. The highest BCUT2D eigenvalue weighted by Gasteiger charge is 2.11. The molecule has 0 fully saturated rings. The van der Waals surface area contributed by atoms with Crippen molar-refractivity contribution in [1.82, 2.24) is 5.32 Å². The number of urea groups is 1. The van der Waals surface area contributed by atoms with Crippen molar-refractivity contribution in [2.75, 3.05) is 5.75 Å². The largest absolute Gasteiger partial charge is 0.351 e. The first kappa shape index (κ1) is 12.3. The molecular formula is C9H9FN2O3S. The number of hydrogen-bond donors (Lipinski definition) is 2. The van der Waals surface area contributed by atoms with Crippen molar-refractivity contribution in [3.63, 3.8) is 0 Å². The van der Waals surface area contributed by atoms with Gasteiger partial charge in [-0.3, -0.25) is 14.3 Å². The van der Waals surface area contributed by atoms with Gasteiger partial charge in [0.1, 0.15) is 11.6 Å². The Bertz CT molecular complexity index is 433. The molecule has 7 heteroatoms. The van der Waals surface area contributed by atoms with Crippen molar-refractivity contribution in [2.24, 2.45) is 5.73 Å². The summed E-state index contributed by atoms with van der Waals surface area (Å²) < 4.78 is 24.1. The summed E-state index contributed by atoms with van der Waals surface area (Å²) in [5.74, 6) is -1.59. The fraction of sp³-hybridized carbons (Fsp3) is 0.111. The fourth-order valence-electron chi connectivity index (χ4n) is 0.962. The number of rotatable bonds is 3. The van der Waals surface area contributed by atoms with Gasteiger partial charge < -0.3 is 5.73 Å². The van der Waals surface area contributed by atoms with E-state index in [9.17, 15) is 18.2 Å². The van der Waals surface area contributed by atoms with Crippen LogP contribution >= 0.6 is 0 Å². The number of imide groups is 1. The van der Waals surface area contributed by atoms with Gasteiger partial charge in [0, 0.05) is 4.90 Å². The number of benzene rings is 1. The molecule has 86 valence electrons. The highest BCUT2D eigenvalue weighted by molar-refractivity contribution is 7.85. The Labute approximate surface area is 93.3 Å². The van der Waals surface area contributed by atoms with Gasteiger partial charge in [-0.1, -0.05) is 0 Å². The van der Waals surface area contributed by atoms with Crippen LogP contribution in [-0.2, 0) is 15.6 Å². The molecule has 0 spiro atoms. The van der Waals surface area contributed by atoms with Crippen molar-refractivity contribution in [3.05, 3.63) is 30.1 Å². The van der Waals surface area contributed by atoms with Crippen molar-refractivity contribution >= 4 is 22.7 Å². The first-order valence-electron chi connectivity index (χ1n) is 4.22. The SMILES string of the molecule is NC(=O)NC(=O)CS(=O)c1ccc(F)cc1. The first-order chi connectivity index (χ1) is 7.49. The second kappa shape index (κ2) is 5.36. The van der Waals surface area contributed by atoms with Crippen molar-refractivity contribution in [2.45, 2.75) is 4.90 Å². The second-order valence-corrected chi connectivity index (χ2v) is 4.31. The van der Waals surface area contributed by atoms with Crippen LogP contribution in [0.1, 0.15) is 0 Å². The van der Waals surface area contributed by atoms with E-state index in [1.807, 2.05) is 0 Å². The van der Waals surface area contributed by atoms with Crippen LogP contribution in [0.3, 0.4) is 0 Å². The minimum Gasteiger partial charge on any atom is -0.351 e. The summed E-state index contributed by atoms with van der Waals surface area (Å²) in [6, 6.07) is 3.89. The van der Waals surface area contributed by atoms with E-state index in [0.29, 0.717) is 4.90 Å². The van der Waals surface area contributed by atoms with Crippen LogP contribution in [0.15, 0.2) is 29.2 Å². The van der Waals surface area contributed by atoms with E-state index in [-0.39, 0.29) is 0 Å². The molecule has 0 aromatic heterocycles. The molecule has 5 nitrogen and oxygen atoms in total. The molecule has 1 rings (SSSR count).